The third-order valence-electron chi connectivity index (χ3n) is 4.86. The SMILES string of the molecule is CCOc1ccc(NC(=O)COC(=O)c2ccc3nc(-c4ccc(OC)cc4)[nH]c3c2)cc1. The number of anilines is 1. The van der Waals surface area contributed by atoms with Crippen LogP contribution in [0.3, 0.4) is 0 Å². The van der Waals surface area contributed by atoms with E-state index in [1.807, 2.05) is 31.2 Å². The number of esters is 1. The number of methoxy groups -OCH3 is 1. The van der Waals surface area contributed by atoms with Crippen molar-refractivity contribution < 1.29 is 23.8 Å². The van der Waals surface area contributed by atoms with Crippen molar-refractivity contribution in [2.45, 2.75) is 6.92 Å². The minimum absolute atomic E-state index is 0.321. The predicted octanol–water partition coefficient (Wildman–Crippen LogP) is 4.43. The number of fused-ring (bicyclic) bond motifs is 1. The quantitative estimate of drug-likeness (QED) is 0.389. The number of ether oxygens (including phenoxy) is 3. The number of hydrogen-bond donors (Lipinski definition) is 2. The molecule has 4 aromatic rings. The van der Waals surface area contributed by atoms with Crippen molar-refractivity contribution in [1.29, 1.82) is 0 Å². The first kappa shape index (κ1) is 21.9. The van der Waals surface area contributed by atoms with Crippen molar-refractivity contribution in [1.82, 2.24) is 9.97 Å². The van der Waals surface area contributed by atoms with Gasteiger partial charge in [-0.2, -0.15) is 0 Å². The van der Waals surface area contributed by atoms with Crippen LogP contribution in [0.5, 0.6) is 11.5 Å². The largest absolute Gasteiger partial charge is 0.497 e. The van der Waals surface area contributed by atoms with Gasteiger partial charge in [-0.15, -0.1) is 0 Å². The fourth-order valence-corrected chi connectivity index (χ4v) is 3.23. The van der Waals surface area contributed by atoms with Gasteiger partial charge in [-0.3, -0.25) is 4.79 Å². The molecule has 8 heteroatoms. The van der Waals surface area contributed by atoms with Crippen molar-refractivity contribution in [3.8, 4) is 22.9 Å². The lowest BCUT2D eigenvalue weighted by molar-refractivity contribution is -0.119. The van der Waals surface area contributed by atoms with E-state index in [1.165, 1.54) is 0 Å². The van der Waals surface area contributed by atoms with Crippen LogP contribution in [0, 0.1) is 0 Å². The molecule has 33 heavy (non-hydrogen) atoms. The van der Waals surface area contributed by atoms with Gasteiger partial charge in [0.05, 0.1) is 30.3 Å². The van der Waals surface area contributed by atoms with Crippen LogP contribution in [0.15, 0.2) is 66.7 Å². The Hall–Kier alpha value is -4.33. The number of imidazole rings is 1. The molecular weight excluding hydrogens is 422 g/mol. The van der Waals surface area contributed by atoms with Crippen molar-refractivity contribution in [2.75, 3.05) is 25.6 Å². The van der Waals surface area contributed by atoms with Gasteiger partial charge in [-0.1, -0.05) is 0 Å². The number of nitrogens with zero attached hydrogens (tertiary/aromatic N) is 1. The highest BCUT2D eigenvalue weighted by Gasteiger charge is 2.13. The number of carbonyl (C=O) groups is 2. The zero-order chi connectivity index (χ0) is 23.2. The highest BCUT2D eigenvalue weighted by Crippen LogP contribution is 2.23. The fraction of sp³-hybridized carbons (Fsp3) is 0.160. The fourth-order valence-electron chi connectivity index (χ4n) is 3.23. The topological polar surface area (TPSA) is 103 Å². The van der Waals surface area contributed by atoms with E-state index in [0.29, 0.717) is 40.5 Å². The van der Waals surface area contributed by atoms with E-state index in [2.05, 4.69) is 15.3 Å². The van der Waals surface area contributed by atoms with Crippen LogP contribution in [-0.2, 0) is 9.53 Å². The Bertz CT molecular complexity index is 1260. The van der Waals surface area contributed by atoms with Crippen LogP contribution in [0.1, 0.15) is 17.3 Å². The van der Waals surface area contributed by atoms with E-state index in [9.17, 15) is 9.59 Å². The summed E-state index contributed by atoms with van der Waals surface area (Å²) < 4.78 is 15.7. The van der Waals surface area contributed by atoms with Crippen LogP contribution in [0.4, 0.5) is 5.69 Å². The van der Waals surface area contributed by atoms with Gasteiger partial charge in [0.2, 0.25) is 0 Å². The minimum Gasteiger partial charge on any atom is -0.497 e. The number of rotatable bonds is 8. The van der Waals surface area contributed by atoms with Gasteiger partial charge in [0.1, 0.15) is 17.3 Å². The number of aromatic amines is 1. The molecule has 0 aliphatic heterocycles. The van der Waals surface area contributed by atoms with Crippen molar-refractivity contribution in [3.63, 3.8) is 0 Å². The van der Waals surface area contributed by atoms with E-state index < -0.39 is 18.5 Å². The van der Waals surface area contributed by atoms with Crippen molar-refractivity contribution in [2.24, 2.45) is 0 Å². The second-order valence-electron chi connectivity index (χ2n) is 7.13. The van der Waals surface area contributed by atoms with Crippen LogP contribution in [0.25, 0.3) is 22.4 Å². The molecular formula is C25H23N3O5. The number of hydrogen-bond acceptors (Lipinski definition) is 6. The van der Waals surface area contributed by atoms with Crippen LogP contribution < -0.4 is 14.8 Å². The van der Waals surface area contributed by atoms with Crippen molar-refractivity contribution in [3.05, 3.63) is 72.3 Å². The molecule has 8 nitrogen and oxygen atoms in total. The highest BCUT2D eigenvalue weighted by molar-refractivity contribution is 5.97. The van der Waals surface area contributed by atoms with Gasteiger partial charge in [-0.05, 0) is 73.7 Å². The summed E-state index contributed by atoms with van der Waals surface area (Å²) in [5.41, 5.74) is 3.20. The van der Waals surface area contributed by atoms with Crippen LogP contribution in [-0.4, -0.2) is 42.2 Å². The molecule has 0 bridgehead atoms. The zero-order valence-corrected chi connectivity index (χ0v) is 18.3. The molecule has 3 aromatic carbocycles. The summed E-state index contributed by atoms with van der Waals surface area (Å²) in [6.45, 7) is 2.06. The van der Waals surface area contributed by atoms with Crippen LogP contribution in [0.2, 0.25) is 0 Å². The highest BCUT2D eigenvalue weighted by atomic mass is 16.5. The average Bonchev–Trinajstić information content (AvgIpc) is 3.27. The molecule has 1 heterocycles. The number of benzene rings is 3. The molecule has 4 rings (SSSR count). The summed E-state index contributed by atoms with van der Waals surface area (Å²) in [5, 5.41) is 2.68. The first-order valence-corrected chi connectivity index (χ1v) is 10.4. The van der Waals surface area contributed by atoms with Crippen LogP contribution >= 0.6 is 0 Å². The average molecular weight is 445 g/mol. The smallest absolute Gasteiger partial charge is 0.338 e. The number of aromatic nitrogens is 2. The summed E-state index contributed by atoms with van der Waals surface area (Å²) in [5.74, 6) is 1.11. The Morgan fingerprint density at radius 3 is 2.39 bits per heavy atom. The van der Waals surface area contributed by atoms with E-state index in [0.717, 1.165) is 11.3 Å². The lowest BCUT2D eigenvalue weighted by Gasteiger charge is -2.08. The Kier molecular flexibility index (Phi) is 6.54. The lowest BCUT2D eigenvalue weighted by atomic mass is 10.2. The number of H-pyrrole nitrogens is 1. The Morgan fingerprint density at radius 1 is 0.970 bits per heavy atom. The Morgan fingerprint density at radius 2 is 1.70 bits per heavy atom. The Balaban J connectivity index is 1.37. The molecule has 0 aliphatic carbocycles. The molecule has 1 amide bonds. The van der Waals surface area contributed by atoms with Gasteiger partial charge in [0.25, 0.3) is 5.91 Å². The first-order chi connectivity index (χ1) is 16.1. The monoisotopic (exact) mass is 445 g/mol. The maximum atomic E-state index is 12.4. The normalized spacial score (nSPS) is 10.6. The van der Waals surface area contributed by atoms with E-state index in [4.69, 9.17) is 14.2 Å². The van der Waals surface area contributed by atoms with Gasteiger partial charge in [0.15, 0.2) is 6.61 Å². The van der Waals surface area contributed by atoms with Crippen molar-refractivity contribution >= 4 is 28.6 Å². The zero-order valence-electron chi connectivity index (χ0n) is 18.3. The third kappa shape index (κ3) is 5.30. The van der Waals surface area contributed by atoms with E-state index in [-0.39, 0.29) is 0 Å². The van der Waals surface area contributed by atoms with Gasteiger partial charge >= 0.3 is 5.97 Å². The second-order valence-corrected chi connectivity index (χ2v) is 7.13. The van der Waals surface area contributed by atoms with Gasteiger partial charge in [0, 0.05) is 11.3 Å². The molecule has 0 aliphatic rings. The molecule has 2 N–H and O–H groups in total. The number of carbonyl (C=O) groups excluding carboxylic acids is 2. The lowest BCUT2D eigenvalue weighted by Crippen LogP contribution is -2.20. The maximum Gasteiger partial charge on any atom is 0.338 e. The molecule has 0 spiro atoms. The third-order valence-corrected chi connectivity index (χ3v) is 4.86. The molecule has 1 aromatic heterocycles. The molecule has 0 atom stereocenters. The first-order valence-electron chi connectivity index (χ1n) is 10.4. The van der Waals surface area contributed by atoms with E-state index >= 15 is 0 Å². The number of amides is 1. The molecule has 168 valence electrons. The standard InChI is InChI=1S/C25H23N3O5/c1-3-32-20-11-7-18(8-12-20)26-23(29)15-33-25(30)17-6-13-21-22(14-17)28-24(27-21)16-4-9-19(31-2)10-5-16/h4-14H,3,15H2,1-2H3,(H,26,29)(H,27,28). The Labute approximate surface area is 190 Å². The number of nitrogens with one attached hydrogen (secondary N) is 2. The summed E-state index contributed by atoms with van der Waals surface area (Å²) in [6, 6.07) is 19.5. The summed E-state index contributed by atoms with van der Waals surface area (Å²) in [6.07, 6.45) is 0. The predicted molar refractivity (Wildman–Crippen MR) is 125 cm³/mol. The molecule has 0 saturated heterocycles. The molecule has 0 radical (unpaired) electrons. The second kappa shape index (κ2) is 9.86. The maximum absolute atomic E-state index is 12.4. The molecule has 0 fully saturated rings. The van der Waals surface area contributed by atoms with Gasteiger partial charge < -0.3 is 24.5 Å². The minimum atomic E-state index is -0.598. The summed E-state index contributed by atoms with van der Waals surface area (Å²) >= 11 is 0. The van der Waals surface area contributed by atoms with Gasteiger partial charge in [-0.25, -0.2) is 9.78 Å². The molecule has 0 unspecified atom stereocenters. The summed E-state index contributed by atoms with van der Waals surface area (Å²) in [7, 11) is 1.61. The van der Waals surface area contributed by atoms with E-state index in [1.54, 1.807) is 49.6 Å². The summed E-state index contributed by atoms with van der Waals surface area (Å²) in [4.78, 5) is 32.3. The molecule has 0 saturated carbocycles.